The molecule has 0 heterocycles. The van der Waals surface area contributed by atoms with E-state index in [1.54, 1.807) is 18.2 Å². The number of amides is 1. The zero-order valence-electron chi connectivity index (χ0n) is 14.0. The Kier molecular flexibility index (Phi) is 6.99. The monoisotopic (exact) mass is 350 g/mol. The van der Waals surface area contributed by atoms with Gasteiger partial charge in [0.05, 0.1) is 4.90 Å². The summed E-state index contributed by atoms with van der Waals surface area (Å²) in [5.74, 6) is 0.444. The van der Waals surface area contributed by atoms with Crippen molar-refractivity contribution in [2.24, 2.45) is 5.92 Å². The van der Waals surface area contributed by atoms with Crippen LogP contribution in [0.3, 0.4) is 0 Å². The first-order valence-electron chi connectivity index (χ1n) is 8.52. The average molecular weight is 350 g/mol. The zero-order valence-corrected chi connectivity index (χ0v) is 14.8. The largest absolute Gasteiger partial charge is 0.349 e. The molecule has 1 aromatic rings. The third-order valence-corrected chi connectivity index (χ3v) is 5.83. The fraction of sp³-hybridized carbons (Fsp3) is 0.500. The van der Waals surface area contributed by atoms with E-state index in [4.69, 9.17) is 0 Å². The van der Waals surface area contributed by atoms with Gasteiger partial charge in [-0.3, -0.25) is 4.79 Å². The van der Waals surface area contributed by atoms with Crippen molar-refractivity contribution >= 4 is 15.9 Å². The van der Waals surface area contributed by atoms with Crippen molar-refractivity contribution in [1.82, 2.24) is 10.0 Å². The Labute approximate surface area is 144 Å². The number of rotatable bonds is 9. The molecule has 0 aliphatic heterocycles. The molecular weight excluding hydrogens is 324 g/mol. The van der Waals surface area contributed by atoms with Crippen LogP contribution in [0.1, 0.15) is 48.9 Å². The van der Waals surface area contributed by atoms with Gasteiger partial charge in [-0.05, 0) is 37.0 Å². The number of nitrogens with one attached hydrogen (secondary N) is 2. The predicted molar refractivity (Wildman–Crippen MR) is 95.4 cm³/mol. The Bertz CT molecular complexity index is 665. The lowest BCUT2D eigenvalue weighted by Crippen LogP contribution is -2.26. The van der Waals surface area contributed by atoms with E-state index in [-0.39, 0.29) is 10.8 Å². The molecule has 1 aliphatic carbocycles. The van der Waals surface area contributed by atoms with Gasteiger partial charge in [0.1, 0.15) is 0 Å². The molecule has 0 aromatic heterocycles. The third kappa shape index (κ3) is 5.46. The van der Waals surface area contributed by atoms with Crippen LogP contribution < -0.4 is 10.0 Å². The summed E-state index contributed by atoms with van der Waals surface area (Å²) >= 11 is 0. The summed E-state index contributed by atoms with van der Waals surface area (Å²) in [5.41, 5.74) is 0.325. The zero-order chi connectivity index (χ0) is 17.4. The molecule has 0 spiro atoms. The smallest absolute Gasteiger partial charge is 0.251 e. The number of carbonyl (C=O) groups is 1. The fourth-order valence-corrected chi connectivity index (χ4v) is 4.17. The normalized spacial score (nSPS) is 15.3. The number of carbonyl (C=O) groups excluding carboxylic acids is 1. The second-order valence-corrected chi connectivity index (χ2v) is 7.98. The van der Waals surface area contributed by atoms with E-state index in [0.29, 0.717) is 18.7 Å². The van der Waals surface area contributed by atoms with E-state index in [1.807, 2.05) is 0 Å². The minimum absolute atomic E-state index is 0.120. The molecule has 5 nitrogen and oxygen atoms in total. The van der Waals surface area contributed by atoms with Gasteiger partial charge in [0.2, 0.25) is 10.0 Å². The molecule has 6 heteroatoms. The van der Waals surface area contributed by atoms with Gasteiger partial charge in [0, 0.05) is 18.7 Å². The quantitative estimate of drug-likeness (QED) is 0.531. The molecule has 1 saturated carbocycles. The van der Waals surface area contributed by atoms with Gasteiger partial charge in [-0.2, -0.15) is 0 Å². The van der Waals surface area contributed by atoms with Gasteiger partial charge in [-0.15, -0.1) is 6.58 Å². The number of hydrogen-bond acceptors (Lipinski definition) is 3. The number of sulfonamides is 1. The Balaban J connectivity index is 1.90. The SMILES string of the molecule is C=CCNC(=O)c1cccc(S(=O)(=O)NCCCC2CCCC2)c1. The maximum absolute atomic E-state index is 12.4. The van der Waals surface area contributed by atoms with Crippen LogP contribution in [0.5, 0.6) is 0 Å². The van der Waals surface area contributed by atoms with Crippen LogP contribution in [0.4, 0.5) is 0 Å². The van der Waals surface area contributed by atoms with Gasteiger partial charge in [-0.25, -0.2) is 13.1 Å². The Morgan fingerprint density at radius 1 is 1.29 bits per heavy atom. The Hall–Kier alpha value is -1.66. The molecule has 2 rings (SSSR count). The van der Waals surface area contributed by atoms with E-state index in [0.717, 1.165) is 18.8 Å². The molecular formula is C18H26N2O3S. The van der Waals surface area contributed by atoms with Crippen LogP contribution in [0.25, 0.3) is 0 Å². The molecule has 132 valence electrons. The van der Waals surface area contributed by atoms with Gasteiger partial charge in [0.25, 0.3) is 5.91 Å². The topological polar surface area (TPSA) is 75.3 Å². The van der Waals surface area contributed by atoms with Crippen LogP contribution >= 0.6 is 0 Å². The van der Waals surface area contributed by atoms with Gasteiger partial charge in [0.15, 0.2) is 0 Å². The van der Waals surface area contributed by atoms with Crippen molar-refractivity contribution in [3.05, 3.63) is 42.5 Å². The van der Waals surface area contributed by atoms with Crippen molar-refractivity contribution in [3.63, 3.8) is 0 Å². The molecule has 1 fully saturated rings. The summed E-state index contributed by atoms with van der Waals surface area (Å²) in [5, 5.41) is 2.64. The van der Waals surface area contributed by atoms with Crippen LogP contribution in [-0.4, -0.2) is 27.4 Å². The highest BCUT2D eigenvalue weighted by Gasteiger charge is 2.17. The van der Waals surface area contributed by atoms with Crippen molar-refractivity contribution < 1.29 is 13.2 Å². The van der Waals surface area contributed by atoms with E-state index in [2.05, 4.69) is 16.6 Å². The average Bonchev–Trinajstić information content (AvgIpc) is 3.10. The number of hydrogen-bond donors (Lipinski definition) is 2. The van der Waals surface area contributed by atoms with Crippen molar-refractivity contribution in [3.8, 4) is 0 Å². The first-order chi connectivity index (χ1) is 11.5. The first-order valence-corrected chi connectivity index (χ1v) is 10.00. The highest BCUT2D eigenvalue weighted by molar-refractivity contribution is 7.89. The maximum atomic E-state index is 12.4. The first kappa shape index (κ1) is 18.7. The molecule has 0 bridgehead atoms. The second-order valence-electron chi connectivity index (χ2n) is 6.22. The lowest BCUT2D eigenvalue weighted by atomic mass is 10.0. The van der Waals surface area contributed by atoms with E-state index in [9.17, 15) is 13.2 Å². The summed E-state index contributed by atoms with van der Waals surface area (Å²) < 4.78 is 27.3. The summed E-state index contributed by atoms with van der Waals surface area (Å²) in [6.07, 6.45) is 8.65. The van der Waals surface area contributed by atoms with Crippen LogP contribution in [-0.2, 0) is 10.0 Å². The van der Waals surface area contributed by atoms with Gasteiger partial charge >= 0.3 is 0 Å². The molecule has 0 atom stereocenters. The lowest BCUT2D eigenvalue weighted by molar-refractivity contribution is 0.0958. The fourth-order valence-electron chi connectivity index (χ4n) is 3.05. The highest BCUT2D eigenvalue weighted by Crippen LogP contribution is 2.28. The molecule has 24 heavy (non-hydrogen) atoms. The van der Waals surface area contributed by atoms with Gasteiger partial charge < -0.3 is 5.32 Å². The van der Waals surface area contributed by atoms with Gasteiger partial charge in [-0.1, -0.05) is 37.8 Å². The second kappa shape index (κ2) is 8.99. The minimum Gasteiger partial charge on any atom is -0.349 e. The molecule has 1 aromatic carbocycles. The Morgan fingerprint density at radius 2 is 2.04 bits per heavy atom. The summed E-state index contributed by atoms with van der Waals surface area (Å²) in [7, 11) is -3.58. The summed E-state index contributed by atoms with van der Waals surface area (Å²) in [6, 6.07) is 6.08. The maximum Gasteiger partial charge on any atom is 0.251 e. The van der Waals surface area contributed by atoms with E-state index >= 15 is 0 Å². The molecule has 0 radical (unpaired) electrons. The summed E-state index contributed by atoms with van der Waals surface area (Å²) in [4.78, 5) is 12.0. The van der Waals surface area contributed by atoms with Crippen molar-refractivity contribution in [2.75, 3.05) is 13.1 Å². The molecule has 1 amide bonds. The standard InChI is InChI=1S/C18H26N2O3S/c1-2-12-19-18(21)16-10-5-11-17(14-16)24(22,23)20-13-6-9-15-7-3-4-8-15/h2,5,10-11,14-15,20H,1,3-4,6-9,12-13H2,(H,19,21). The highest BCUT2D eigenvalue weighted by atomic mass is 32.2. The third-order valence-electron chi connectivity index (χ3n) is 4.37. The van der Waals surface area contributed by atoms with Crippen LogP contribution in [0, 0.1) is 5.92 Å². The predicted octanol–water partition coefficient (Wildman–Crippen LogP) is 2.85. The van der Waals surface area contributed by atoms with Crippen LogP contribution in [0.15, 0.2) is 41.8 Å². The van der Waals surface area contributed by atoms with Crippen molar-refractivity contribution in [1.29, 1.82) is 0 Å². The minimum atomic E-state index is -3.58. The lowest BCUT2D eigenvalue weighted by Gasteiger charge is -2.10. The van der Waals surface area contributed by atoms with Crippen LogP contribution in [0.2, 0.25) is 0 Å². The molecule has 0 saturated heterocycles. The summed E-state index contributed by atoms with van der Waals surface area (Å²) in [6.45, 7) is 4.31. The Morgan fingerprint density at radius 3 is 2.75 bits per heavy atom. The molecule has 1 aliphatic rings. The van der Waals surface area contributed by atoms with E-state index < -0.39 is 10.0 Å². The van der Waals surface area contributed by atoms with Crippen molar-refractivity contribution in [2.45, 2.75) is 43.4 Å². The van der Waals surface area contributed by atoms with E-state index in [1.165, 1.54) is 37.8 Å². The number of benzene rings is 1. The molecule has 2 N–H and O–H groups in total. The molecule has 0 unspecified atom stereocenters.